The third-order valence-electron chi connectivity index (χ3n) is 4.03. The maximum absolute atomic E-state index is 6.12. The number of pyridine rings is 2. The maximum Gasteiger partial charge on any atom is 0.138 e. The van der Waals surface area contributed by atoms with Crippen LogP contribution in [0.3, 0.4) is 0 Å². The van der Waals surface area contributed by atoms with Crippen molar-refractivity contribution in [3.8, 4) is 17.1 Å². The molecule has 21 heavy (non-hydrogen) atoms. The fraction of sp³-hybridized carbons (Fsp3) is 0.412. The molecular formula is C17H21N3O. The van der Waals surface area contributed by atoms with E-state index < -0.39 is 0 Å². The lowest BCUT2D eigenvalue weighted by Gasteiger charge is -2.26. The van der Waals surface area contributed by atoms with Crippen LogP contribution in [-0.4, -0.2) is 41.1 Å². The lowest BCUT2D eigenvalue weighted by molar-refractivity contribution is 0.121. The van der Waals surface area contributed by atoms with Crippen LogP contribution in [0.1, 0.15) is 19.3 Å². The van der Waals surface area contributed by atoms with Gasteiger partial charge in [0.25, 0.3) is 0 Å². The molecule has 3 rings (SSSR count). The molecular weight excluding hydrogens is 262 g/mol. The van der Waals surface area contributed by atoms with Gasteiger partial charge in [-0.25, -0.2) is 0 Å². The molecule has 0 aromatic carbocycles. The van der Waals surface area contributed by atoms with Crippen LogP contribution in [0.15, 0.2) is 42.7 Å². The lowest BCUT2D eigenvalue weighted by Crippen LogP contribution is -2.38. The van der Waals surface area contributed by atoms with Gasteiger partial charge in [-0.2, -0.15) is 0 Å². The van der Waals surface area contributed by atoms with E-state index in [1.807, 2.05) is 30.3 Å². The molecule has 2 atom stereocenters. The van der Waals surface area contributed by atoms with E-state index in [0.29, 0.717) is 6.04 Å². The Morgan fingerprint density at radius 1 is 1.05 bits per heavy atom. The van der Waals surface area contributed by atoms with Gasteiger partial charge in [-0.1, -0.05) is 6.07 Å². The van der Waals surface area contributed by atoms with Gasteiger partial charge in [-0.15, -0.1) is 0 Å². The third kappa shape index (κ3) is 3.22. The minimum absolute atomic E-state index is 0.266. The molecule has 4 nitrogen and oxygen atoms in total. The summed E-state index contributed by atoms with van der Waals surface area (Å²) in [6.07, 6.45) is 7.40. The van der Waals surface area contributed by atoms with Gasteiger partial charge >= 0.3 is 0 Å². The van der Waals surface area contributed by atoms with E-state index in [9.17, 15) is 0 Å². The van der Waals surface area contributed by atoms with Crippen LogP contribution in [0.5, 0.6) is 5.75 Å². The minimum Gasteiger partial charge on any atom is -0.487 e. The maximum atomic E-state index is 6.12. The van der Waals surface area contributed by atoms with Gasteiger partial charge in [0.05, 0.1) is 17.6 Å². The van der Waals surface area contributed by atoms with Crippen LogP contribution < -0.4 is 4.74 Å². The van der Waals surface area contributed by atoms with Crippen molar-refractivity contribution in [1.29, 1.82) is 0 Å². The molecule has 0 unspecified atom stereocenters. The van der Waals surface area contributed by atoms with Crippen molar-refractivity contribution in [2.45, 2.75) is 31.4 Å². The van der Waals surface area contributed by atoms with Gasteiger partial charge in [0.15, 0.2) is 0 Å². The van der Waals surface area contributed by atoms with Crippen molar-refractivity contribution in [2.24, 2.45) is 0 Å². The number of ether oxygens (including phenoxy) is 1. The first-order valence-electron chi connectivity index (χ1n) is 7.44. The van der Waals surface area contributed by atoms with Crippen molar-refractivity contribution in [3.05, 3.63) is 42.7 Å². The summed E-state index contributed by atoms with van der Waals surface area (Å²) in [6, 6.07) is 10.3. The summed E-state index contributed by atoms with van der Waals surface area (Å²) in [7, 11) is 4.24. The standard InChI is InChI=1S/C17H21N3O/c1-20(2)16-7-5-8-17(16)21-13-9-10-15(19-12-13)14-6-3-4-11-18-14/h3-4,6,9-12,16-17H,5,7-8H2,1-2H3/t16-,17-/m1/s1. The molecule has 1 aliphatic carbocycles. The molecule has 0 spiro atoms. The number of hydrogen-bond acceptors (Lipinski definition) is 4. The van der Waals surface area contributed by atoms with Crippen LogP contribution in [0.25, 0.3) is 11.4 Å². The number of likely N-dealkylation sites (N-methyl/N-ethyl adjacent to an activating group) is 1. The first kappa shape index (κ1) is 14.0. The predicted octanol–water partition coefficient (Wildman–Crippen LogP) is 3.01. The Kier molecular flexibility index (Phi) is 4.15. The van der Waals surface area contributed by atoms with Crippen LogP contribution in [0.2, 0.25) is 0 Å². The van der Waals surface area contributed by atoms with Crippen LogP contribution in [-0.2, 0) is 0 Å². The Morgan fingerprint density at radius 2 is 1.90 bits per heavy atom. The second-order valence-electron chi connectivity index (χ2n) is 5.71. The van der Waals surface area contributed by atoms with Crippen molar-refractivity contribution in [2.75, 3.05) is 14.1 Å². The van der Waals surface area contributed by atoms with E-state index in [0.717, 1.165) is 23.6 Å². The fourth-order valence-corrected chi connectivity index (χ4v) is 2.93. The van der Waals surface area contributed by atoms with Crippen molar-refractivity contribution in [1.82, 2.24) is 14.9 Å². The minimum atomic E-state index is 0.266. The van der Waals surface area contributed by atoms with Crippen LogP contribution in [0.4, 0.5) is 0 Å². The first-order chi connectivity index (χ1) is 10.2. The van der Waals surface area contributed by atoms with Gasteiger partial charge in [-0.05, 0) is 57.6 Å². The molecule has 2 aromatic rings. The monoisotopic (exact) mass is 283 g/mol. The second kappa shape index (κ2) is 6.22. The van der Waals surface area contributed by atoms with Gasteiger partial charge in [0.2, 0.25) is 0 Å². The lowest BCUT2D eigenvalue weighted by atomic mass is 10.2. The van der Waals surface area contributed by atoms with E-state index >= 15 is 0 Å². The molecule has 1 saturated carbocycles. The van der Waals surface area contributed by atoms with Gasteiger partial charge in [0, 0.05) is 12.2 Å². The molecule has 110 valence electrons. The molecule has 4 heteroatoms. The summed E-state index contributed by atoms with van der Waals surface area (Å²) >= 11 is 0. The number of hydrogen-bond donors (Lipinski definition) is 0. The molecule has 0 aliphatic heterocycles. The van der Waals surface area contributed by atoms with E-state index in [2.05, 4.69) is 29.0 Å². The summed E-state index contributed by atoms with van der Waals surface area (Å²) in [5.74, 6) is 0.841. The Balaban J connectivity index is 1.70. The summed E-state index contributed by atoms with van der Waals surface area (Å²) in [5.41, 5.74) is 1.76. The fourth-order valence-electron chi connectivity index (χ4n) is 2.93. The zero-order valence-electron chi connectivity index (χ0n) is 12.6. The van der Waals surface area contributed by atoms with Gasteiger partial charge in [0.1, 0.15) is 11.9 Å². The van der Waals surface area contributed by atoms with E-state index in [4.69, 9.17) is 4.74 Å². The molecule has 1 aliphatic rings. The quantitative estimate of drug-likeness (QED) is 0.864. The number of rotatable bonds is 4. The molecule has 1 fully saturated rings. The average Bonchev–Trinajstić information content (AvgIpc) is 2.97. The highest BCUT2D eigenvalue weighted by Gasteiger charge is 2.30. The Hall–Kier alpha value is -1.94. The van der Waals surface area contributed by atoms with Gasteiger partial charge in [-0.3, -0.25) is 9.97 Å². The van der Waals surface area contributed by atoms with E-state index in [-0.39, 0.29) is 6.10 Å². The number of aromatic nitrogens is 2. The summed E-state index contributed by atoms with van der Waals surface area (Å²) < 4.78 is 6.12. The average molecular weight is 283 g/mol. The normalized spacial score (nSPS) is 21.7. The van der Waals surface area contributed by atoms with E-state index in [1.165, 1.54) is 12.8 Å². The summed E-state index contributed by atoms with van der Waals surface area (Å²) in [6.45, 7) is 0. The highest BCUT2D eigenvalue weighted by molar-refractivity contribution is 5.53. The molecule has 2 aromatic heterocycles. The summed E-state index contributed by atoms with van der Waals surface area (Å²) in [5, 5.41) is 0. The smallest absolute Gasteiger partial charge is 0.138 e. The molecule has 0 radical (unpaired) electrons. The topological polar surface area (TPSA) is 38.2 Å². The molecule has 0 N–H and O–H groups in total. The zero-order valence-corrected chi connectivity index (χ0v) is 12.6. The van der Waals surface area contributed by atoms with Crippen molar-refractivity contribution < 1.29 is 4.74 Å². The molecule has 0 saturated heterocycles. The molecule has 2 heterocycles. The highest BCUT2D eigenvalue weighted by Crippen LogP contribution is 2.27. The SMILES string of the molecule is CN(C)[C@@H]1CCC[C@H]1Oc1ccc(-c2ccccn2)nc1. The second-order valence-corrected chi connectivity index (χ2v) is 5.71. The third-order valence-corrected chi connectivity index (χ3v) is 4.03. The molecule has 0 amide bonds. The van der Waals surface area contributed by atoms with E-state index in [1.54, 1.807) is 12.4 Å². The Morgan fingerprint density at radius 3 is 2.57 bits per heavy atom. The van der Waals surface area contributed by atoms with Crippen molar-refractivity contribution in [3.63, 3.8) is 0 Å². The van der Waals surface area contributed by atoms with Crippen molar-refractivity contribution >= 4 is 0 Å². The largest absolute Gasteiger partial charge is 0.487 e. The first-order valence-corrected chi connectivity index (χ1v) is 7.44. The molecule has 0 bridgehead atoms. The Bertz CT molecular complexity index is 568. The summed E-state index contributed by atoms with van der Waals surface area (Å²) in [4.78, 5) is 11.0. The number of nitrogens with zero attached hydrogens (tertiary/aromatic N) is 3. The Labute approximate surface area is 125 Å². The van der Waals surface area contributed by atoms with Crippen LogP contribution >= 0.6 is 0 Å². The predicted molar refractivity (Wildman–Crippen MR) is 83.2 cm³/mol. The van der Waals surface area contributed by atoms with Gasteiger partial charge < -0.3 is 9.64 Å². The highest BCUT2D eigenvalue weighted by atomic mass is 16.5. The zero-order chi connectivity index (χ0) is 14.7. The van der Waals surface area contributed by atoms with Crippen LogP contribution in [0, 0.1) is 0 Å².